The van der Waals surface area contributed by atoms with E-state index in [1.54, 1.807) is 6.08 Å². The van der Waals surface area contributed by atoms with E-state index in [0.717, 1.165) is 29.0 Å². The van der Waals surface area contributed by atoms with Gasteiger partial charge in [-0.15, -0.1) is 0 Å². The number of carboxylic acids is 1. The molecule has 356 valence electrons. The van der Waals surface area contributed by atoms with E-state index >= 15 is 0 Å². The van der Waals surface area contributed by atoms with Gasteiger partial charge in [-0.1, -0.05) is 51.6 Å². The number of hydrogen-bond acceptors (Lipinski definition) is 20. The fourth-order valence-corrected chi connectivity index (χ4v) is 9.21. The van der Waals surface area contributed by atoms with Gasteiger partial charge >= 0.3 is 29.4 Å². The van der Waals surface area contributed by atoms with Gasteiger partial charge in [-0.2, -0.15) is 4.31 Å². The SMILES string of the molecule is CC(C)CC=CC(O)(CC(=O)O)CC(=O)SCCNC(=O)CCNC(=O)[C@H](O)C(C)(C)COP(=O)(O)OP(=O)(O)OC[C@H]1O[C@@H](n2cnc3c(N)ncnc32)[C@H](O)[C@@H]1OP(=O)(O)O. The normalized spacial score (nSPS) is 21.8. The minimum atomic E-state index is -5.61. The van der Waals surface area contributed by atoms with Crippen LogP contribution in [-0.4, -0.2) is 144 Å². The van der Waals surface area contributed by atoms with Gasteiger partial charge in [0.25, 0.3) is 0 Å². The monoisotopic (exact) mass is 979 g/mol. The van der Waals surface area contributed by atoms with Crippen molar-refractivity contribution in [1.82, 2.24) is 30.2 Å². The molecular weight excluding hydrogens is 927 g/mol. The number of nitrogens with one attached hydrogen (secondary N) is 2. The van der Waals surface area contributed by atoms with E-state index in [2.05, 4.69) is 34.4 Å². The molecule has 1 fully saturated rings. The number of nitrogens with zero attached hydrogens (tertiary/aromatic N) is 4. The Kier molecular flexibility index (Phi) is 19.5. The number of nitrogens with two attached hydrogens (primary N) is 1. The molecule has 31 heteroatoms. The van der Waals surface area contributed by atoms with Crippen LogP contribution < -0.4 is 16.4 Å². The van der Waals surface area contributed by atoms with Crippen LogP contribution in [0, 0.1) is 11.3 Å². The lowest BCUT2D eigenvalue weighted by atomic mass is 9.87. The second-order valence-corrected chi connectivity index (χ2v) is 20.6. The van der Waals surface area contributed by atoms with Crippen molar-refractivity contribution >= 4 is 75.1 Å². The third-order valence-electron chi connectivity index (χ3n) is 8.71. The number of thioether (sulfide) groups is 1. The molecule has 2 amide bonds. The van der Waals surface area contributed by atoms with Gasteiger partial charge in [0.2, 0.25) is 11.8 Å². The molecule has 3 rings (SSSR count). The van der Waals surface area contributed by atoms with Gasteiger partial charge in [0, 0.05) is 37.1 Å². The number of ether oxygens (including phenoxy) is 1. The zero-order valence-electron chi connectivity index (χ0n) is 34.2. The van der Waals surface area contributed by atoms with Gasteiger partial charge in [-0.3, -0.25) is 37.3 Å². The zero-order chi connectivity index (χ0) is 47.6. The zero-order valence-corrected chi connectivity index (χ0v) is 37.7. The first-order valence-corrected chi connectivity index (χ1v) is 24.2. The Morgan fingerprint density at radius 2 is 1.70 bits per heavy atom. The molecule has 2 aromatic rings. The number of rotatable bonds is 26. The third kappa shape index (κ3) is 17.6. The van der Waals surface area contributed by atoms with Crippen molar-refractivity contribution < 1.29 is 95.5 Å². The Labute approximate surface area is 363 Å². The number of carbonyl (C=O) groups excluding carboxylic acids is 3. The van der Waals surface area contributed by atoms with Crippen molar-refractivity contribution in [3.05, 3.63) is 24.8 Å². The van der Waals surface area contributed by atoms with Crippen molar-refractivity contribution in [3.63, 3.8) is 0 Å². The standard InChI is InChI=1S/C32H52N7O20P3S/c1-18(2)6-5-8-32(47,12-21(41)42)13-22(43)63-11-10-34-20(40)7-9-35-29(46)26(45)31(3,4)15-56-62(53,54)59-61(51,52)55-14-19-25(58-60(48,49)50)24(44)30(57-19)39-17-38-23-27(33)36-16-37-28(23)39/h5,8,16-19,24-26,30,44-45,47H,6-7,9-15H2,1-4H3,(H,34,40)(H,35,46)(H,41,42)(H,51,52)(H,53,54)(H2,33,36,37)(H2,48,49,50)/t19-,24-,25-,26+,30-,32?/m1/s1. The highest BCUT2D eigenvalue weighted by molar-refractivity contribution is 8.13. The van der Waals surface area contributed by atoms with E-state index < -0.39 is 114 Å². The molecule has 0 radical (unpaired) electrons. The van der Waals surface area contributed by atoms with Crippen LogP contribution in [0.4, 0.5) is 5.82 Å². The molecule has 1 aliphatic rings. The van der Waals surface area contributed by atoms with Crippen molar-refractivity contribution in [2.45, 2.75) is 89.6 Å². The molecule has 12 N–H and O–H groups in total. The molecule has 2 aromatic heterocycles. The average molecular weight is 980 g/mol. The van der Waals surface area contributed by atoms with E-state index in [9.17, 15) is 67.8 Å². The largest absolute Gasteiger partial charge is 0.481 e. The van der Waals surface area contributed by atoms with Crippen molar-refractivity contribution in [3.8, 4) is 0 Å². The summed E-state index contributed by atoms with van der Waals surface area (Å²) in [5.74, 6) is -2.60. The molecule has 0 spiro atoms. The predicted octanol–water partition coefficient (Wildman–Crippen LogP) is -0.137. The van der Waals surface area contributed by atoms with E-state index in [4.69, 9.17) is 24.6 Å². The number of fused-ring (bicyclic) bond motifs is 1. The number of phosphoric ester groups is 3. The number of amides is 2. The predicted molar refractivity (Wildman–Crippen MR) is 218 cm³/mol. The number of anilines is 1. The summed E-state index contributed by atoms with van der Waals surface area (Å²) in [7, 11) is -16.5. The lowest BCUT2D eigenvalue weighted by Crippen LogP contribution is -2.46. The molecule has 0 aliphatic carbocycles. The Balaban J connectivity index is 1.45. The van der Waals surface area contributed by atoms with Gasteiger partial charge in [-0.05, 0) is 12.3 Å². The number of carbonyl (C=O) groups is 4. The second-order valence-electron chi connectivity index (χ2n) is 15.2. The molecule has 0 saturated carbocycles. The quantitative estimate of drug-likeness (QED) is 0.0332. The number of phosphoric acid groups is 3. The van der Waals surface area contributed by atoms with Crippen molar-refractivity contribution in [2.24, 2.45) is 11.3 Å². The highest BCUT2D eigenvalue weighted by Gasteiger charge is 2.50. The topological polar surface area (TPSA) is 421 Å². The van der Waals surface area contributed by atoms with Crippen molar-refractivity contribution in [1.29, 1.82) is 0 Å². The Hall–Kier alpha value is -3.27. The Morgan fingerprint density at radius 3 is 2.33 bits per heavy atom. The smallest absolute Gasteiger partial charge is 0.481 e. The molecule has 1 aliphatic heterocycles. The van der Waals surface area contributed by atoms with Gasteiger partial charge in [0.05, 0.1) is 26.0 Å². The molecule has 3 heterocycles. The minimum absolute atomic E-state index is 0.00562. The van der Waals surface area contributed by atoms with Crippen LogP contribution in [0.25, 0.3) is 11.2 Å². The molecular formula is C32H52N7O20P3S. The van der Waals surface area contributed by atoms with Crippen LogP contribution >= 0.6 is 35.2 Å². The van der Waals surface area contributed by atoms with E-state index in [0.29, 0.717) is 6.42 Å². The molecule has 27 nitrogen and oxygen atoms in total. The molecule has 8 atom stereocenters. The number of aliphatic hydroxyl groups excluding tert-OH is 2. The highest BCUT2D eigenvalue weighted by atomic mass is 32.2. The maximum atomic E-state index is 12.7. The molecule has 0 bridgehead atoms. The van der Waals surface area contributed by atoms with Crippen molar-refractivity contribution in [2.75, 3.05) is 37.8 Å². The van der Waals surface area contributed by atoms with Crippen LogP contribution in [-0.2, 0) is 55.5 Å². The summed E-state index contributed by atoms with van der Waals surface area (Å²) in [4.78, 5) is 99.6. The van der Waals surface area contributed by atoms with Crippen LogP contribution in [0.2, 0.25) is 0 Å². The lowest BCUT2D eigenvalue weighted by molar-refractivity contribution is -0.141. The molecule has 1 saturated heterocycles. The summed E-state index contributed by atoms with van der Waals surface area (Å²) in [5.41, 5.74) is 2.30. The number of aliphatic carboxylic acids is 1. The first kappa shape index (κ1) is 54.1. The van der Waals surface area contributed by atoms with Gasteiger partial charge in [0.1, 0.15) is 41.9 Å². The maximum absolute atomic E-state index is 12.7. The molecule has 63 heavy (non-hydrogen) atoms. The highest BCUT2D eigenvalue weighted by Crippen LogP contribution is 2.61. The first-order chi connectivity index (χ1) is 29.0. The van der Waals surface area contributed by atoms with Crippen LogP contribution in [0.1, 0.15) is 59.6 Å². The summed E-state index contributed by atoms with van der Waals surface area (Å²) >= 11 is 0.777. The van der Waals surface area contributed by atoms with Crippen LogP contribution in [0.5, 0.6) is 0 Å². The third-order valence-corrected chi connectivity index (χ3v) is 12.7. The summed E-state index contributed by atoms with van der Waals surface area (Å²) in [6, 6.07) is 0. The Morgan fingerprint density at radius 1 is 1.03 bits per heavy atom. The fourth-order valence-electron chi connectivity index (χ4n) is 5.60. The average Bonchev–Trinajstić information content (AvgIpc) is 3.70. The summed E-state index contributed by atoms with van der Waals surface area (Å²) in [6.07, 6.45) is -4.85. The molecule has 3 unspecified atom stereocenters. The van der Waals surface area contributed by atoms with Crippen LogP contribution in [0.3, 0.4) is 0 Å². The number of hydrogen-bond donors (Lipinski definition) is 11. The number of aliphatic hydroxyl groups is 3. The van der Waals surface area contributed by atoms with E-state index in [1.165, 1.54) is 19.9 Å². The number of nitrogen functional groups attached to an aromatic ring is 1. The first-order valence-electron chi connectivity index (χ1n) is 18.7. The van der Waals surface area contributed by atoms with E-state index in [1.807, 2.05) is 13.8 Å². The number of allylic oxidation sites excluding steroid dienone is 1. The summed E-state index contributed by atoms with van der Waals surface area (Å²) in [6.45, 7) is 3.92. The fraction of sp³-hybridized carbons (Fsp3) is 0.656. The van der Waals surface area contributed by atoms with Gasteiger partial charge in [0.15, 0.2) is 22.8 Å². The maximum Gasteiger partial charge on any atom is 0.481 e. The Bertz CT molecular complexity index is 2110. The van der Waals surface area contributed by atoms with Gasteiger partial charge < -0.3 is 61.1 Å². The summed E-state index contributed by atoms with van der Waals surface area (Å²) in [5, 5.41) is 45.6. The number of carboxylic acid groups (broad SMARTS) is 1. The molecule has 0 aromatic carbocycles. The number of aromatic nitrogens is 4. The van der Waals surface area contributed by atoms with Crippen LogP contribution in [0.15, 0.2) is 24.8 Å². The second kappa shape index (κ2) is 22.8. The van der Waals surface area contributed by atoms with E-state index in [-0.39, 0.29) is 48.2 Å². The number of imidazole rings is 1. The summed E-state index contributed by atoms with van der Waals surface area (Å²) < 4.78 is 62.2. The minimum Gasteiger partial charge on any atom is -0.481 e. The van der Waals surface area contributed by atoms with Gasteiger partial charge in [-0.25, -0.2) is 28.6 Å². The lowest BCUT2D eigenvalue weighted by Gasteiger charge is -2.30.